The first-order valence-corrected chi connectivity index (χ1v) is 8.24. The maximum atomic E-state index is 12.8. The van der Waals surface area contributed by atoms with Crippen LogP contribution in [0.3, 0.4) is 0 Å². The Labute approximate surface area is 125 Å². The minimum absolute atomic E-state index is 0.0907. The zero-order valence-electron chi connectivity index (χ0n) is 12.4. The van der Waals surface area contributed by atoms with Crippen molar-refractivity contribution in [3.8, 4) is 11.5 Å². The molecule has 0 radical (unpaired) electrons. The molecule has 1 aromatic carbocycles. The molecule has 6 nitrogen and oxygen atoms in total. The summed E-state index contributed by atoms with van der Waals surface area (Å²) in [6.07, 6.45) is -0.0178. The van der Waals surface area contributed by atoms with E-state index in [4.69, 9.17) is 9.47 Å². The second-order valence-corrected chi connectivity index (χ2v) is 7.12. The van der Waals surface area contributed by atoms with Crippen LogP contribution in [0.2, 0.25) is 0 Å². The Kier molecular flexibility index (Phi) is 4.75. The molecular formula is C14H21NO5S. The van der Waals surface area contributed by atoms with E-state index in [1.54, 1.807) is 12.1 Å². The summed E-state index contributed by atoms with van der Waals surface area (Å²) < 4.78 is 37.2. The molecule has 0 aromatic heterocycles. The molecule has 21 heavy (non-hydrogen) atoms. The van der Waals surface area contributed by atoms with Gasteiger partial charge in [-0.2, -0.15) is 4.31 Å². The Bertz CT molecular complexity index is 601. The second kappa shape index (κ2) is 6.21. The predicted molar refractivity (Wildman–Crippen MR) is 78.1 cm³/mol. The standard InChI is InChI=1S/C14H21NO5S/c1-10-9-15(7-6-12(10)16)21(17,18)14-8-11(19-2)4-5-13(14)20-3/h4-5,8,10,12,16H,6-7,9H2,1-3H3. The van der Waals surface area contributed by atoms with Crippen molar-refractivity contribution >= 4 is 10.0 Å². The van der Waals surface area contributed by atoms with E-state index in [9.17, 15) is 13.5 Å². The summed E-state index contributed by atoms with van der Waals surface area (Å²) in [6, 6.07) is 4.69. The highest BCUT2D eigenvalue weighted by atomic mass is 32.2. The third kappa shape index (κ3) is 3.14. The van der Waals surface area contributed by atoms with Crippen molar-refractivity contribution in [2.75, 3.05) is 27.3 Å². The first-order valence-electron chi connectivity index (χ1n) is 6.80. The van der Waals surface area contributed by atoms with E-state index < -0.39 is 16.1 Å². The number of aliphatic hydroxyl groups excluding tert-OH is 1. The minimum Gasteiger partial charge on any atom is -0.497 e. The van der Waals surface area contributed by atoms with Gasteiger partial charge in [-0.15, -0.1) is 0 Å². The van der Waals surface area contributed by atoms with E-state index in [0.717, 1.165) is 0 Å². The minimum atomic E-state index is -3.68. The summed E-state index contributed by atoms with van der Waals surface area (Å²) >= 11 is 0. The molecule has 1 fully saturated rings. The number of aliphatic hydroxyl groups is 1. The van der Waals surface area contributed by atoms with Crippen molar-refractivity contribution in [1.29, 1.82) is 0 Å². The molecule has 0 bridgehead atoms. The molecule has 118 valence electrons. The molecule has 2 atom stereocenters. The molecule has 1 aromatic rings. The fraction of sp³-hybridized carbons (Fsp3) is 0.571. The number of sulfonamides is 1. The van der Waals surface area contributed by atoms with Gasteiger partial charge in [0.25, 0.3) is 0 Å². The molecule has 1 heterocycles. The lowest BCUT2D eigenvalue weighted by molar-refractivity contribution is 0.0628. The van der Waals surface area contributed by atoms with Crippen LogP contribution in [-0.4, -0.2) is 51.2 Å². The molecule has 1 saturated heterocycles. The number of nitrogens with zero attached hydrogens (tertiary/aromatic N) is 1. The fourth-order valence-corrected chi connectivity index (χ4v) is 4.16. The average molecular weight is 315 g/mol. The van der Waals surface area contributed by atoms with E-state index in [0.29, 0.717) is 25.3 Å². The highest BCUT2D eigenvalue weighted by Crippen LogP contribution is 2.32. The molecule has 2 rings (SSSR count). The van der Waals surface area contributed by atoms with Gasteiger partial charge in [0.15, 0.2) is 0 Å². The van der Waals surface area contributed by atoms with Crippen molar-refractivity contribution in [1.82, 2.24) is 4.31 Å². The lowest BCUT2D eigenvalue weighted by Gasteiger charge is -2.33. The van der Waals surface area contributed by atoms with Gasteiger partial charge in [-0.05, 0) is 24.5 Å². The van der Waals surface area contributed by atoms with Crippen molar-refractivity contribution < 1.29 is 23.0 Å². The summed E-state index contributed by atoms with van der Waals surface area (Å²) in [5.74, 6) is 0.652. The maximum absolute atomic E-state index is 12.8. The Balaban J connectivity index is 2.39. The largest absolute Gasteiger partial charge is 0.497 e. The number of rotatable bonds is 4. The van der Waals surface area contributed by atoms with E-state index >= 15 is 0 Å². The van der Waals surface area contributed by atoms with Gasteiger partial charge in [-0.3, -0.25) is 0 Å². The van der Waals surface area contributed by atoms with Crippen molar-refractivity contribution in [3.63, 3.8) is 0 Å². The number of hydrogen-bond acceptors (Lipinski definition) is 5. The van der Waals surface area contributed by atoms with Gasteiger partial charge >= 0.3 is 0 Å². The van der Waals surface area contributed by atoms with Crippen LogP contribution in [0.4, 0.5) is 0 Å². The second-order valence-electron chi connectivity index (χ2n) is 5.21. The normalized spacial score (nSPS) is 23.8. The average Bonchev–Trinajstić information content (AvgIpc) is 2.49. The van der Waals surface area contributed by atoms with Crippen LogP contribution < -0.4 is 9.47 Å². The summed E-state index contributed by atoms with van der Waals surface area (Å²) in [4.78, 5) is 0.0907. The molecule has 7 heteroatoms. The quantitative estimate of drug-likeness (QED) is 0.900. The van der Waals surface area contributed by atoms with E-state index in [1.165, 1.54) is 24.6 Å². The number of piperidine rings is 1. The zero-order valence-corrected chi connectivity index (χ0v) is 13.3. The molecule has 0 amide bonds. The summed E-state index contributed by atoms with van der Waals surface area (Å²) in [5.41, 5.74) is 0. The Morgan fingerprint density at radius 2 is 2.00 bits per heavy atom. The SMILES string of the molecule is COc1ccc(OC)c(S(=O)(=O)N2CCC(O)C(C)C2)c1. The van der Waals surface area contributed by atoms with E-state index in [2.05, 4.69) is 0 Å². The Hall–Kier alpha value is -1.31. The molecular weight excluding hydrogens is 294 g/mol. The highest BCUT2D eigenvalue weighted by molar-refractivity contribution is 7.89. The van der Waals surface area contributed by atoms with Gasteiger partial charge in [0.2, 0.25) is 10.0 Å². The monoisotopic (exact) mass is 315 g/mol. The highest BCUT2D eigenvalue weighted by Gasteiger charge is 2.34. The summed E-state index contributed by atoms with van der Waals surface area (Å²) in [6.45, 7) is 2.44. The topological polar surface area (TPSA) is 76.1 Å². The number of ether oxygens (including phenoxy) is 2. The molecule has 1 N–H and O–H groups in total. The van der Waals surface area contributed by atoms with Gasteiger partial charge < -0.3 is 14.6 Å². The first kappa shape index (κ1) is 16.1. The van der Waals surface area contributed by atoms with Crippen LogP contribution >= 0.6 is 0 Å². The predicted octanol–water partition coefficient (Wildman–Crippen LogP) is 1.10. The van der Waals surface area contributed by atoms with Crippen molar-refractivity contribution in [2.24, 2.45) is 5.92 Å². The van der Waals surface area contributed by atoms with Gasteiger partial charge in [0.05, 0.1) is 20.3 Å². The smallest absolute Gasteiger partial charge is 0.246 e. The lowest BCUT2D eigenvalue weighted by atomic mass is 9.99. The molecule has 0 spiro atoms. The van der Waals surface area contributed by atoms with Crippen LogP contribution in [0.25, 0.3) is 0 Å². The van der Waals surface area contributed by atoms with Crippen molar-refractivity contribution in [3.05, 3.63) is 18.2 Å². The maximum Gasteiger partial charge on any atom is 0.246 e. The third-order valence-electron chi connectivity index (χ3n) is 3.81. The Morgan fingerprint density at radius 3 is 2.57 bits per heavy atom. The van der Waals surface area contributed by atoms with E-state index in [1.807, 2.05) is 6.92 Å². The number of hydrogen-bond donors (Lipinski definition) is 1. The zero-order chi connectivity index (χ0) is 15.6. The molecule has 1 aliphatic rings. The van der Waals surface area contributed by atoms with E-state index in [-0.39, 0.29) is 16.6 Å². The van der Waals surface area contributed by atoms with Crippen LogP contribution in [0.1, 0.15) is 13.3 Å². The van der Waals surface area contributed by atoms with Gasteiger partial charge in [-0.1, -0.05) is 6.92 Å². The summed E-state index contributed by atoms with van der Waals surface area (Å²) in [5, 5.41) is 9.75. The molecule has 0 aliphatic carbocycles. The van der Waals surface area contributed by atoms with Crippen LogP contribution in [-0.2, 0) is 10.0 Å². The fourth-order valence-electron chi connectivity index (χ4n) is 2.44. The number of methoxy groups -OCH3 is 2. The molecule has 2 unspecified atom stereocenters. The first-order chi connectivity index (χ1) is 9.90. The van der Waals surface area contributed by atoms with Gasteiger partial charge in [0.1, 0.15) is 16.4 Å². The lowest BCUT2D eigenvalue weighted by Crippen LogP contribution is -2.44. The molecule has 0 saturated carbocycles. The molecule has 1 aliphatic heterocycles. The van der Waals surface area contributed by atoms with Crippen LogP contribution in [0, 0.1) is 5.92 Å². The van der Waals surface area contributed by atoms with Crippen LogP contribution in [0.15, 0.2) is 23.1 Å². The third-order valence-corrected chi connectivity index (χ3v) is 5.70. The van der Waals surface area contributed by atoms with Gasteiger partial charge in [-0.25, -0.2) is 8.42 Å². The van der Waals surface area contributed by atoms with Gasteiger partial charge in [0, 0.05) is 19.2 Å². The summed E-state index contributed by atoms with van der Waals surface area (Å²) in [7, 11) is -0.759. The number of benzene rings is 1. The Morgan fingerprint density at radius 1 is 1.29 bits per heavy atom. The van der Waals surface area contributed by atoms with Crippen molar-refractivity contribution in [2.45, 2.75) is 24.3 Å². The van der Waals surface area contributed by atoms with Crippen LogP contribution in [0.5, 0.6) is 11.5 Å².